The number of rotatable bonds is 6. The van der Waals surface area contributed by atoms with Crippen LogP contribution in [-0.4, -0.2) is 37.1 Å². The average molecular weight is 366 g/mol. The molecule has 1 aliphatic rings. The standard InChI is InChI=1S/C14H18BrF2NO3/c15-11-1-2-12(21-13(16)17)10(7-11)8-18-9-14(19)3-5-20-6-4-14/h1-2,7,13,18-19H,3-6,8-9H2. The zero-order chi connectivity index (χ0) is 15.3. The molecule has 21 heavy (non-hydrogen) atoms. The van der Waals surface area contributed by atoms with Gasteiger partial charge >= 0.3 is 6.61 Å². The Labute approximate surface area is 130 Å². The Bertz CT molecular complexity index is 468. The van der Waals surface area contributed by atoms with Crippen molar-refractivity contribution < 1.29 is 23.4 Å². The number of aliphatic hydroxyl groups is 1. The van der Waals surface area contributed by atoms with Crippen LogP contribution < -0.4 is 10.1 Å². The molecule has 1 aliphatic heterocycles. The van der Waals surface area contributed by atoms with E-state index in [1.165, 1.54) is 6.07 Å². The summed E-state index contributed by atoms with van der Waals surface area (Å²) in [6, 6.07) is 4.86. The topological polar surface area (TPSA) is 50.7 Å². The van der Waals surface area contributed by atoms with E-state index in [1.54, 1.807) is 12.1 Å². The fraction of sp³-hybridized carbons (Fsp3) is 0.571. The van der Waals surface area contributed by atoms with Gasteiger partial charge < -0.3 is 19.9 Å². The SMILES string of the molecule is OC1(CNCc2cc(Br)ccc2OC(F)F)CCOCC1. The van der Waals surface area contributed by atoms with Crippen LogP contribution in [0.3, 0.4) is 0 Å². The van der Waals surface area contributed by atoms with Crippen LogP contribution in [0.5, 0.6) is 5.75 Å². The normalized spacial score (nSPS) is 18.0. The van der Waals surface area contributed by atoms with Crippen molar-refractivity contribution in [2.75, 3.05) is 19.8 Å². The van der Waals surface area contributed by atoms with Crippen molar-refractivity contribution in [2.24, 2.45) is 0 Å². The van der Waals surface area contributed by atoms with Crippen LogP contribution in [0, 0.1) is 0 Å². The van der Waals surface area contributed by atoms with E-state index >= 15 is 0 Å². The molecule has 0 saturated carbocycles. The van der Waals surface area contributed by atoms with Crippen LogP contribution in [0.4, 0.5) is 8.78 Å². The summed E-state index contributed by atoms with van der Waals surface area (Å²) in [4.78, 5) is 0. The highest BCUT2D eigenvalue weighted by atomic mass is 79.9. The van der Waals surface area contributed by atoms with E-state index in [9.17, 15) is 13.9 Å². The fourth-order valence-corrected chi connectivity index (χ4v) is 2.66. The molecular weight excluding hydrogens is 348 g/mol. The quantitative estimate of drug-likeness (QED) is 0.813. The largest absolute Gasteiger partial charge is 0.434 e. The Hall–Kier alpha value is -0.760. The van der Waals surface area contributed by atoms with Crippen molar-refractivity contribution in [1.82, 2.24) is 5.32 Å². The van der Waals surface area contributed by atoms with Gasteiger partial charge in [-0.2, -0.15) is 8.78 Å². The van der Waals surface area contributed by atoms with Gasteiger partial charge in [0, 0.05) is 49.2 Å². The molecule has 1 saturated heterocycles. The van der Waals surface area contributed by atoms with E-state index < -0.39 is 12.2 Å². The van der Waals surface area contributed by atoms with Crippen LogP contribution >= 0.6 is 15.9 Å². The third-order valence-corrected chi connectivity index (χ3v) is 3.92. The second-order valence-electron chi connectivity index (χ2n) is 5.07. The number of hydrogen-bond acceptors (Lipinski definition) is 4. The Morgan fingerprint density at radius 3 is 2.76 bits per heavy atom. The van der Waals surface area contributed by atoms with Crippen LogP contribution in [-0.2, 0) is 11.3 Å². The molecule has 0 amide bonds. The monoisotopic (exact) mass is 365 g/mol. The lowest BCUT2D eigenvalue weighted by molar-refractivity contribution is -0.0622. The molecule has 0 atom stereocenters. The molecule has 118 valence electrons. The summed E-state index contributed by atoms with van der Waals surface area (Å²) in [6.45, 7) is -1.06. The molecule has 4 nitrogen and oxygen atoms in total. The van der Waals surface area contributed by atoms with Gasteiger partial charge in [-0.3, -0.25) is 0 Å². The molecule has 0 aromatic heterocycles. The summed E-state index contributed by atoms with van der Waals surface area (Å²) in [5.74, 6) is 0.139. The van der Waals surface area contributed by atoms with Gasteiger partial charge in [0.1, 0.15) is 5.75 Å². The molecule has 1 fully saturated rings. The first-order chi connectivity index (χ1) is 9.98. The summed E-state index contributed by atoms with van der Waals surface area (Å²) in [5.41, 5.74) is -0.186. The molecule has 2 rings (SSSR count). The highest BCUT2D eigenvalue weighted by Gasteiger charge is 2.29. The van der Waals surface area contributed by atoms with E-state index in [0.29, 0.717) is 44.7 Å². The highest BCUT2D eigenvalue weighted by Crippen LogP contribution is 2.25. The maximum Gasteiger partial charge on any atom is 0.387 e. The van der Waals surface area contributed by atoms with Crippen molar-refractivity contribution in [2.45, 2.75) is 31.6 Å². The van der Waals surface area contributed by atoms with Crippen LogP contribution in [0.2, 0.25) is 0 Å². The molecule has 1 aromatic rings. The van der Waals surface area contributed by atoms with Crippen molar-refractivity contribution in [3.05, 3.63) is 28.2 Å². The molecule has 0 radical (unpaired) electrons. The number of benzene rings is 1. The van der Waals surface area contributed by atoms with Gasteiger partial charge in [0.15, 0.2) is 0 Å². The van der Waals surface area contributed by atoms with Gasteiger partial charge in [-0.25, -0.2) is 0 Å². The van der Waals surface area contributed by atoms with Crippen molar-refractivity contribution in [1.29, 1.82) is 0 Å². The molecule has 2 N–H and O–H groups in total. The van der Waals surface area contributed by atoms with E-state index in [0.717, 1.165) is 4.47 Å². The lowest BCUT2D eigenvalue weighted by Crippen LogP contribution is -2.44. The third-order valence-electron chi connectivity index (χ3n) is 3.43. The Kier molecular flexibility index (Phi) is 5.92. The lowest BCUT2D eigenvalue weighted by atomic mass is 9.94. The number of nitrogens with one attached hydrogen (secondary N) is 1. The second-order valence-corrected chi connectivity index (χ2v) is 5.99. The molecule has 1 heterocycles. The number of ether oxygens (including phenoxy) is 2. The van der Waals surface area contributed by atoms with Gasteiger partial charge in [0.25, 0.3) is 0 Å². The molecule has 1 aromatic carbocycles. The first-order valence-corrected chi connectivity index (χ1v) is 7.52. The van der Waals surface area contributed by atoms with Crippen LogP contribution in [0.15, 0.2) is 22.7 Å². The Morgan fingerprint density at radius 2 is 2.10 bits per heavy atom. The zero-order valence-electron chi connectivity index (χ0n) is 11.4. The van der Waals surface area contributed by atoms with Gasteiger partial charge in [0.2, 0.25) is 0 Å². The summed E-state index contributed by atoms with van der Waals surface area (Å²) < 4.78 is 35.2. The molecule has 0 aliphatic carbocycles. The maximum atomic E-state index is 12.4. The minimum atomic E-state index is -2.86. The van der Waals surface area contributed by atoms with E-state index in [2.05, 4.69) is 26.0 Å². The van der Waals surface area contributed by atoms with E-state index in [1.807, 2.05) is 0 Å². The predicted octanol–water partition coefficient (Wildman–Crippen LogP) is 2.68. The molecule has 0 unspecified atom stereocenters. The van der Waals surface area contributed by atoms with Crippen molar-refractivity contribution in [3.8, 4) is 5.75 Å². The molecular formula is C14H18BrF2NO3. The minimum absolute atomic E-state index is 0.139. The van der Waals surface area contributed by atoms with Gasteiger partial charge in [-0.1, -0.05) is 15.9 Å². The number of alkyl halides is 2. The molecule has 0 bridgehead atoms. The maximum absolute atomic E-state index is 12.4. The summed E-state index contributed by atoms with van der Waals surface area (Å²) in [6.07, 6.45) is 1.14. The number of halogens is 3. The Morgan fingerprint density at radius 1 is 1.38 bits per heavy atom. The average Bonchev–Trinajstić information content (AvgIpc) is 2.42. The van der Waals surface area contributed by atoms with Gasteiger partial charge in [-0.05, 0) is 18.2 Å². The zero-order valence-corrected chi connectivity index (χ0v) is 13.0. The second kappa shape index (κ2) is 7.49. The van der Waals surface area contributed by atoms with E-state index in [-0.39, 0.29) is 5.75 Å². The fourth-order valence-electron chi connectivity index (χ4n) is 2.26. The van der Waals surface area contributed by atoms with Gasteiger partial charge in [-0.15, -0.1) is 0 Å². The van der Waals surface area contributed by atoms with Crippen LogP contribution in [0.25, 0.3) is 0 Å². The third kappa shape index (κ3) is 5.18. The molecule has 0 spiro atoms. The van der Waals surface area contributed by atoms with E-state index in [4.69, 9.17) is 4.74 Å². The minimum Gasteiger partial charge on any atom is -0.434 e. The summed E-state index contributed by atoms with van der Waals surface area (Å²) in [5, 5.41) is 13.4. The van der Waals surface area contributed by atoms with Crippen LogP contribution in [0.1, 0.15) is 18.4 Å². The summed E-state index contributed by atoms with van der Waals surface area (Å²) >= 11 is 3.30. The smallest absolute Gasteiger partial charge is 0.387 e. The molecule has 7 heteroatoms. The van der Waals surface area contributed by atoms with Crippen molar-refractivity contribution in [3.63, 3.8) is 0 Å². The van der Waals surface area contributed by atoms with Gasteiger partial charge in [0.05, 0.1) is 5.60 Å². The lowest BCUT2D eigenvalue weighted by Gasteiger charge is -2.32. The summed E-state index contributed by atoms with van der Waals surface area (Å²) in [7, 11) is 0. The highest BCUT2D eigenvalue weighted by molar-refractivity contribution is 9.10. The predicted molar refractivity (Wildman–Crippen MR) is 77.5 cm³/mol. The Balaban J connectivity index is 1.94. The first-order valence-electron chi connectivity index (χ1n) is 6.73. The van der Waals surface area contributed by atoms with Crippen molar-refractivity contribution >= 4 is 15.9 Å². The number of hydrogen-bond donors (Lipinski definition) is 2. The first kappa shape index (κ1) is 16.6.